The van der Waals surface area contributed by atoms with Gasteiger partial charge >= 0.3 is 0 Å². The van der Waals surface area contributed by atoms with E-state index >= 15 is 0 Å². The molecule has 2 heterocycles. The van der Waals surface area contributed by atoms with E-state index in [4.69, 9.17) is 0 Å². The van der Waals surface area contributed by atoms with Crippen LogP contribution in [0, 0.1) is 0 Å². The molecule has 0 aromatic carbocycles. The maximum atomic E-state index is 12.5. The Bertz CT molecular complexity index is 651. The molecule has 0 unspecified atom stereocenters. The highest BCUT2D eigenvalue weighted by molar-refractivity contribution is 5.80. The Kier molecular flexibility index (Phi) is 9.60. The zero-order chi connectivity index (χ0) is 21.1. The molecule has 1 aromatic rings. The van der Waals surface area contributed by atoms with E-state index in [2.05, 4.69) is 18.8 Å². The van der Waals surface area contributed by atoms with Gasteiger partial charge in [-0.25, -0.2) is 0 Å². The van der Waals surface area contributed by atoms with Crippen LogP contribution in [-0.2, 0) is 20.8 Å². The van der Waals surface area contributed by atoms with Crippen LogP contribution in [0.25, 0.3) is 0 Å². The first-order valence-corrected chi connectivity index (χ1v) is 10.8. The number of piperazine rings is 1. The van der Waals surface area contributed by atoms with Crippen LogP contribution in [0.4, 0.5) is 0 Å². The van der Waals surface area contributed by atoms with E-state index in [9.17, 15) is 14.4 Å². The van der Waals surface area contributed by atoms with Crippen molar-refractivity contribution >= 4 is 17.7 Å². The number of hydrogen-bond acceptors (Lipinski definition) is 4. The molecule has 0 aliphatic carbocycles. The van der Waals surface area contributed by atoms with Gasteiger partial charge in [-0.15, -0.1) is 0 Å². The fourth-order valence-corrected chi connectivity index (χ4v) is 3.58. The van der Waals surface area contributed by atoms with Crippen molar-refractivity contribution in [2.45, 2.75) is 52.4 Å². The number of carbonyl (C=O) groups excluding carboxylic acids is 3. The van der Waals surface area contributed by atoms with E-state index in [1.165, 1.54) is 0 Å². The Labute approximate surface area is 174 Å². The van der Waals surface area contributed by atoms with Gasteiger partial charge in [-0.1, -0.05) is 19.9 Å². The Morgan fingerprint density at radius 1 is 0.931 bits per heavy atom. The molecule has 0 bridgehead atoms. The molecule has 0 spiro atoms. The third-order valence-corrected chi connectivity index (χ3v) is 5.16. The smallest absolute Gasteiger partial charge is 0.228 e. The van der Waals surface area contributed by atoms with Gasteiger partial charge < -0.3 is 14.7 Å². The Hall–Kier alpha value is -2.44. The number of aromatic nitrogens is 1. The monoisotopic (exact) mass is 402 g/mol. The fraction of sp³-hybridized carbons (Fsp3) is 0.636. The standard InChI is InChI=1S/C22H34N4O3/c1-3-12-24(13-4-2)20(27)9-7-10-21(28)25-14-16-26(17-15-25)22(29)18-19-8-5-6-11-23-19/h5-6,8,11H,3-4,7,9-10,12-18H2,1-2H3. The third kappa shape index (κ3) is 7.48. The van der Waals surface area contributed by atoms with Crippen molar-refractivity contribution in [2.24, 2.45) is 0 Å². The van der Waals surface area contributed by atoms with Crippen molar-refractivity contribution in [1.82, 2.24) is 19.7 Å². The molecular formula is C22H34N4O3. The fourth-order valence-electron chi connectivity index (χ4n) is 3.58. The number of hydrogen-bond donors (Lipinski definition) is 0. The molecule has 3 amide bonds. The molecule has 29 heavy (non-hydrogen) atoms. The highest BCUT2D eigenvalue weighted by Gasteiger charge is 2.24. The van der Waals surface area contributed by atoms with Crippen LogP contribution in [0.2, 0.25) is 0 Å². The Morgan fingerprint density at radius 3 is 2.10 bits per heavy atom. The van der Waals surface area contributed by atoms with Crippen LogP contribution in [0.15, 0.2) is 24.4 Å². The summed E-state index contributed by atoms with van der Waals surface area (Å²) < 4.78 is 0. The van der Waals surface area contributed by atoms with E-state index in [1.807, 2.05) is 28.0 Å². The molecule has 2 rings (SSSR count). The molecular weight excluding hydrogens is 368 g/mol. The van der Waals surface area contributed by atoms with E-state index in [0.29, 0.717) is 51.9 Å². The lowest BCUT2D eigenvalue weighted by molar-refractivity contribution is -0.139. The molecule has 1 aromatic heterocycles. The van der Waals surface area contributed by atoms with Crippen LogP contribution >= 0.6 is 0 Å². The molecule has 7 heteroatoms. The van der Waals surface area contributed by atoms with Crippen molar-refractivity contribution < 1.29 is 14.4 Å². The summed E-state index contributed by atoms with van der Waals surface area (Å²) in [6.45, 7) is 7.93. The van der Waals surface area contributed by atoms with Crippen molar-refractivity contribution in [3.05, 3.63) is 30.1 Å². The van der Waals surface area contributed by atoms with Crippen LogP contribution < -0.4 is 0 Å². The van der Waals surface area contributed by atoms with Crippen molar-refractivity contribution in [3.8, 4) is 0 Å². The second-order valence-corrected chi connectivity index (χ2v) is 7.49. The molecule has 1 fully saturated rings. The van der Waals surface area contributed by atoms with E-state index < -0.39 is 0 Å². The highest BCUT2D eigenvalue weighted by Crippen LogP contribution is 2.10. The normalized spacial score (nSPS) is 14.0. The SMILES string of the molecule is CCCN(CCC)C(=O)CCCC(=O)N1CCN(C(=O)Cc2ccccn2)CC1. The first-order valence-electron chi connectivity index (χ1n) is 10.8. The first kappa shape index (κ1) is 22.8. The van der Waals surface area contributed by atoms with Gasteiger partial charge in [0.15, 0.2) is 0 Å². The van der Waals surface area contributed by atoms with Crippen LogP contribution in [0.3, 0.4) is 0 Å². The van der Waals surface area contributed by atoms with Gasteiger partial charge in [-0.05, 0) is 31.4 Å². The van der Waals surface area contributed by atoms with Crippen LogP contribution in [-0.4, -0.2) is 76.7 Å². The van der Waals surface area contributed by atoms with E-state index in [0.717, 1.165) is 31.6 Å². The summed E-state index contributed by atoms with van der Waals surface area (Å²) in [5.74, 6) is 0.270. The van der Waals surface area contributed by atoms with E-state index in [1.54, 1.807) is 11.1 Å². The second kappa shape index (κ2) is 12.2. The van der Waals surface area contributed by atoms with Gasteiger partial charge in [0, 0.05) is 64.0 Å². The Morgan fingerprint density at radius 2 is 1.55 bits per heavy atom. The predicted molar refractivity (Wildman–Crippen MR) is 112 cm³/mol. The van der Waals surface area contributed by atoms with Gasteiger partial charge in [-0.3, -0.25) is 19.4 Å². The van der Waals surface area contributed by atoms with Crippen molar-refractivity contribution in [3.63, 3.8) is 0 Å². The van der Waals surface area contributed by atoms with Crippen molar-refractivity contribution in [1.29, 1.82) is 0 Å². The summed E-state index contributed by atoms with van der Waals surface area (Å²) in [5, 5.41) is 0. The first-order chi connectivity index (χ1) is 14.0. The van der Waals surface area contributed by atoms with Crippen molar-refractivity contribution in [2.75, 3.05) is 39.3 Å². The highest BCUT2D eigenvalue weighted by atomic mass is 16.2. The molecule has 0 atom stereocenters. The zero-order valence-corrected chi connectivity index (χ0v) is 17.8. The van der Waals surface area contributed by atoms with Crippen LogP contribution in [0.5, 0.6) is 0 Å². The maximum Gasteiger partial charge on any atom is 0.228 e. The minimum Gasteiger partial charge on any atom is -0.343 e. The number of pyridine rings is 1. The summed E-state index contributed by atoms with van der Waals surface area (Å²) >= 11 is 0. The lowest BCUT2D eigenvalue weighted by Gasteiger charge is -2.35. The number of nitrogens with zero attached hydrogens (tertiary/aromatic N) is 4. The zero-order valence-electron chi connectivity index (χ0n) is 17.8. The molecule has 1 aliphatic rings. The summed E-state index contributed by atoms with van der Waals surface area (Å²) in [6, 6.07) is 5.55. The second-order valence-electron chi connectivity index (χ2n) is 7.49. The lowest BCUT2D eigenvalue weighted by Crippen LogP contribution is -2.51. The average molecular weight is 403 g/mol. The molecule has 1 saturated heterocycles. The van der Waals surface area contributed by atoms with Gasteiger partial charge in [0.1, 0.15) is 0 Å². The topological polar surface area (TPSA) is 73.8 Å². The number of amides is 3. The van der Waals surface area contributed by atoms with Gasteiger partial charge in [0.25, 0.3) is 0 Å². The Balaban J connectivity index is 1.69. The molecule has 160 valence electrons. The molecule has 0 N–H and O–H groups in total. The van der Waals surface area contributed by atoms with Crippen LogP contribution in [0.1, 0.15) is 51.6 Å². The third-order valence-electron chi connectivity index (χ3n) is 5.16. The largest absolute Gasteiger partial charge is 0.343 e. The maximum absolute atomic E-state index is 12.5. The summed E-state index contributed by atoms with van der Waals surface area (Å²) in [5.41, 5.74) is 0.765. The molecule has 7 nitrogen and oxygen atoms in total. The summed E-state index contributed by atoms with van der Waals surface area (Å²) in [7, 11) is 0. The molecule has 0 saturated carbocycles. The van der Waals surface area contributed by atoms with Gasteiger partial charge in [-0.2, -0.15) is 0 Å². The minimum atomic E-state index is 0.0494. The summed E-state index contributed by atoms with van der Waals surface area (Å²) in [6.07, 6.45) is 5.28. The van der Waals surface area contributed by atoms with Gasteiger partial charge in [0.05, 0.1) is 6.42 Å². The summed E-state index contributed by atoms with van der Waals surface area (Å²) in [4.78, 5) is 46.9. The average Bonchev–Trinajstić information content (AvgIpc) is 2.74. The van der Waals surface area contributed by atoms with Gasteiger partial charge in [0.2, 0.25) is 17.7 Å². The minimum absolute atomic E-state index is 0.0494. The molecule has 1 aliphatic heterocycles. The number of rotatable bonds is 10. The lowest BCUT2D eigenvalue weighted by atomic mass is 10.1. The molecule has 0 radical (unpaired) electrons. The predicted octanol–water partition coefficient (Wildman–Crippen LogP) is 2.11. The quantitative estimate of drug-likeness (QED) is 0.601. The van der Waals surface area contributed by atoms with E-state index in [-0.39, 0.29) is 17.7 Å². The number of carbonyl (C=O) groups is 3.